The van der Waals surface area contributed by atoms with Crippen molar-refractivity contribution in [2.75, 3.05) is 0 Å². The molecule has 2 aromatic heterocycles. The first-order valence-corrected chi connectivity index (χ1v) is 10.5. The topological polar surface area (TPSA) is 55.2 Å². The van der Waals surface area contributed by atoms with Gasteiger partial charge in [-0.1, -0.05) is 17.4 Å². The third-order valence-electron chi connectivity index (χ3n) is 5.24. The number of carbonyl (C=O) groups is 1. The van der Waals surface area contributed by atoms with Crippen LogP contribution in [0.3, 0.4) is 0 Å². The minimum atomic E-state index is -0.337. The van der Waals surface area contributed by atoms with Crippen molar-refractivity contribution < 1.29 is 9.18 Å². The number of rotatable bonds is 6. The zero-order valence-corrected chi connectivity index (χ0v) is 17.2. The highest BCUT2D eigenvalue weighted by Crippen LogP contribution is 2.34. The van der Waals surface area contributed by atoms with E-state index >= 15 is 0 Å². The number of aromatic nitrogens is 2. The molecule has 1 saturated carbocycles. The van der Waals surface area contributed by atoms with E-state index in [0.29, 0.717) is 5.69 Å². The fourth-order valence-electron chi connectivity index (χ4n) is 3.70. The predicted molar refractivity (Wildman–Crippen MR) is 111 cm³/mol. The Hall–Kier alpha value is -2.80. The molecule has 0 N–H and O–H groups in total. The highest BCUT2D eigenvalue weighted by Gasteiger charge is 2.37. The highest BCUT2D eigenvalue weighted by molar-refractivity contribution is 7.09. The molecule has 1 aliphatic carbocycles. The zero-order chi connectivity index (χ0) is 20.5. The molecule has 0 saturated heterocycles. The molecular formula is C22H22FN3O2S. The van der Waals surface area contributed by atoms with Gasteiger partial charge >= 0.3 is 4.87 Å². The molecule has 2 heterocycles. The quantitative estimate of drug-likeness (QED) is 0.612. The normalized spacial score (nSPS) is 14.6. The maximum absolute atomic E-state index is 13.3. The average Bonchev–Trinajstić information content (AvgIpc) is 3.50. The molecule has 4 rings (SSSR count). The molecule has 5 nitrogen and oxygen atoms in total. The number of thiazole rings is 1. The van der Waals surface area contributed by atoms with Gasteiger partial charge in [0.25, 0.3) is 0 Å². The Balaban J connectivity index is 1.65. The van der Waals surface area contributed by atoms with Crippen LogP contribution in [0.2, 0.25) is 0 Å². The molecular weight excluding hydrogens is 389 g/mol. The van der Waals surface area contributed by atoms with Crippen LogP contribution in [0.15, 0.2) is 53.5 Å². The van der Waals surface area contributed by atoms with E-state index in [1.807, 2.05) is 36.9 Å². The van der Waals surface area contributed by atoms with Crippen LogP contribution < -0.4 is 4.87 Å². The van der Waals surface area contributed by atoms with Gasteiger partial charge in [-0.15, -0.1) is 0 Å². The van der Waals surface area contributed by atoms with Crippen molar-refractivity contribution in [2.45, 2.75) is 45.3 Å². The zero-order valence-electron chi connectivity index (χ0n) is 16.3. The van der Waals surface area contributed by atoms with Crippen LogP contribution in [0.1, 0.15) is 36.4 Å². The third kappa shape index (κ3) is 4.00. The number of pyridine rings is 1. The molecule has 1 aliphatic rings. The molecule has 1 amide bonds. The summed E-state index contributed by atoms with van der Waals surface area (Å²) in [4.78, 5) is 32.8. The second kappa shape index (κ2) is 7.91. The monoisotopic (exact) mass is 411 g/mol. The number of benzene rings is 1. The molecule has 1 atom stereocenters. The molecule has 0 radical (unpaired) electrons. The van der Waals surface area contributed by atoms with Crippen molar-refractivity contribution in [3.63, 3.8) is 0 Å². The molecule has 0 aliphatic heterocycles. The van der Waals surface area contributed by atoms with Crippen LogP contribution in [0.4, 0.5) is 4.39 Å². The lowest BCUT2D eigenvalue weighted by Gasteiger charge is -2.29. The highest BCUT2D eigenvalue weighted by atomic mass is 32.1. The molecule has 0 bridgehead atoms. The third-order valence-corrected chi connectivity index (χ3v) is 6.13. The molecule has 3 aromatic rings. The van der Waals surface area contributed by atoms with E-state index < -0.39 is 0 Å². The van der Waals surface area contributed by atoms with Gasteiger partial charge < -0.3 is 4.90 Å². The predicted octanol–water partition coefficient (Wildman–Crippen LogP) is 4.17. The van der Waals surface area contributed by atoms with Gasteiger partial charge in [-0.25, -0.2) is 4.39 Å². The van der Waals surface area contributed by atoms with E-state index in [9.17, 15) is 14.0 Å². The summed E-state index contributed by atoms with van der Waals surface area (Å²) in [5, 5.41) is 0. The number of carbonyl (C=O) groups excluding carboxylic acids is 1. The minimum Gasteiger partial charge on any atom is -0.330 e. The molecule has 150 valence electrons. The average molecular weight is 412 g/mol. The van der Waals surface area contributed by atoms with Crippen molar-refractivity contribution >= 4 is 17.2 Å². The SMILES string of the molecule is Cc1sc(=O)n(CC(=O)N(C2CC2)C(C)c2ccccn2)c1-c1ccc(F)cc1. The van der Waals surface area contributed by atoms with Crippen molar-refractivity contribution in [2.24, 2.45) is 0 Å². The molecule has 1 aromatic carbocycles. The number of hydrogen-bond acceptors (Lipinski definition) is 4. The summed E-state index contributed by atoms with van der Waals surface area (Å²) >= 11 is 1.11. The molecule has 29 heavy (non-hydrogen) atoms. The van der Waals surface area contributed by atoms with Gasteiger partial charge in [-0.05, 0) is 68.7 Å². The van der Waals surface area contributed by atoms with Crippen LogP contribution in [0, 0.1) is 12.7 Å². The van der Waals surface area contributed by atoms with Crippen LogP contribution in [0.25, 0.3) is 11.3 Å². The maximum atomic E-state index is 13.3. The van der Waals surface area contributed by atoms with Gasteiger partial charge in [-0.3, -0.25) is 19.1 Å². The summed E-state index contributed by atoms with van der Waals surface area (Å²) in [6, 6.07) is 11.7. The first-order valence-electron chi connectivity index (χ1n) is 9.64. The van der Waals surface area contributed by atoms with E-state index in [4.69, 9.17) is 0 Å². The van der Waals surface area contributed by atoms with Gasteiger partial charge in [0.1, 0.15) is 12.4 Å². The Labute approximate surface area is 172 Å². The largest absolute Gasteiger partial charge is 0.330 e. The summed E-state index contributed by atoms with van der Waals surface area (Å²) < 4.78 is 14.8. The lowest BCUT2D eigenvalue weighted by atomic mass is 10.1. The van der Waals surface area contributed by atoms with Crippen molar-refractivity contribution in [3.8, 4) is 11.3 Å². The Bertz CT molecular complexity index is 1070. The number of halogens is 1. The van der Waals surface area contributed by atoms with Crippen LogP contribution >= 0.6 is 11.3 Å². The lowest BCUT2D eigenvalue weighted by molar-refractivity contribution is -0.134. The fourth-order valence-corrected chi connectivity index (χ4v) is 4.55. The van der Waals surface area contributed by atoms with Crippen molar-refractivity contribution in [1.82, 2.24) is 14.5 Å². The summed E-state index contributed by atoms with van der Waals surface area (Å²) in [5.41, 5.74) is 2.24. The van der Waals surface area contributed by atoms with Gasteiger partial charge in [-0.2, -0.15) is 0 Å². The summed E-state index contributed by atoms with van der Waals surface area (Å²) in [7, 11) is 0. The molecule has 0 spiro atoms. The number of hydrogen-bond donors (Lipinski definition) is 0. The lowest BCUT2D eigenvalue weighted by Crippen LogP contribution is -2.39. The molecule has 1 fully saturated rings. The van der Waals surface area contributed by atoms with E-state index in [2.05, 4.69) is 4.98 Å². The summed E-state index contributed by atoms with van der Waals surface area (Å²) in [6.07, 6.45) is 3.65. The Morgan fingerprint density at radius 3 is 2.62 bits per heavy atom. The summed E-state index contributed by atoms with van der Waals surface area (Å²) in [5.74, 6) is -0.440. The summed E-state index contributed by atoms with van der Waals surface area (Å²) in [6.45, 7) is 3.78. The van der Waals surface area contributed by atoms with Gasteiger partial charge in [0.2, 0.25) is 5.91 Å². The van der Waals surface area contributed by atoms with Crippen LogP contribution in [0.5, 0.6) is 0 Å². The Kier molecular flexibility index (Phi) is 5.32. The number of nitrogens with zero attached hydrogens (tertiary/aromatic N) is 3. The van der Waals surface area contributed by atoms with E-state index in [-0.39, 0.29) is 35.2 Å². The smallest absolute Gasteiger partial charge is 0.308 e. The van der Waals surface area contributed by atoms with Crippen LogP contribution in [-0.2, 0) is 11.3 Å². The Morgan fingerprint density at radius 2 is 2.00 bits per heavy atom. The second-order valence-electron chi connectivity index (χ2n) is 7.33. The second-order valence-corrected chi connectivity index (χ2v) is 8.49. The molecule has 7 heteroatoms. The maximum Gasteiger partial charge on any atom is 0.308 e. The standard InChI is InChI=1S/C22H22FN3O2S/c1-14(19-5-3-4-12-24-19)26(18-10-11-18)20(27)13-25-21(15(2)29-22(25)28)16-6-8-17(23)9-7-16/h3-9,12,14,18H,10-11,13H2,1-2H3. The van der Waals surface area contributed by atoms with Gasteiger partial charge in [0.05, 0.1) is 17.4 Å². The van der Waals surface area contributed by atoms with Crippen LogP contribution in [-0.4, -0.2) is 26.4 Å². The van der Waals surface area contributed by atoms with E-state index in [1.165, 1.54) is 16.7 Å². The van der Waals surface area contributed by atoms with E-state index in [0.717, 1.165) is 40.3 Å². The van der Waals surface area contributed by atoms with E-state index in [1.54, 1.807) is 18.3 Å². The van der Waals surface area contributed by atoms with Crippen molar-refractivity contribution in [3.05, 3.63) is 74.7 Å². The number of amides is 1. The van der Waals surface area contributed by atoms with Gasteiger partial charge in [0, 0.05) is 17.1 Å². The van der Waals surface area contributed by atoms with Crippen molar-refractivity contribution in [1.29, 1.82) is 0 Å². The number of aryl methyl sites for hydroxylation is 1. The fraction of sp³-hybridized carbons (Fsp3) is 0.318. The Morgan fingerprint density at radius 1 is 1.28 bits per heavy atom. The minimum absolute atomic E-state index is 0.0381. The first-order chi connectivity index (χ1) is 14.0. The van der Waals surface area contributed by atoms with Gasteiger partial charge in [0.15, 0.2) is 0 Å². The molecule has 1 unspecified atom stereocenters. The first kappa shape index (κ1) is 19.5.